The lowest BCUT2D eigenvalue weighted by atomic mass is 10.0. The Bertz CT molecular complexity index is 642. The van der Waals surface area contributed by atoms with Crippen molar-refractivity contribution in [1.29, 1.82) is 0 Å². The van der Waals surface area contributed by atoms with Crippen LogP contribution in [0, 0.1) is 0 Å². The van der Waals surface area contributed by atoms with Gasteiger partial charge in [0.25, 0.3) is 0 Å². The van der Waals surface area contributed by atoms with Gasteiger partial charge in [-0.3, -0.25) is 9.59 Å². The van der Waals surface area contributed by atoms with Crippen molar-refractivity contribution in [2.45, 2.75) is 49.5 Å². The second-order valence-electron chi connectivity index (χ2n) is 7.08. The number of hydrazone groups is 2. The third kappa shape index (κ3) is 12.7. The Morgan fingerprint density at radius 2 is 1.00 bits per heavy atom. The van der Waals surface area contributed by atoms with Crippen LogP contribution in [-0.4, -0.2) is 149 Å². The fraction of sp³-hybridized carbons (Fsp3) is 0.778. The third-order valence-electron chi connectivity index (χ3n) is 4.41. The van der Waals surface area contributed by atoms with Gasteiger partial charge in [-0.1, -0.05) is 0 Å². The number of thioether (sulfide) groups is 1. The van der Waals surface area contributed by atoms with Gasteiger partial charge in [0, 0.05) is 24.3 Å². The van der Waals surface area contributed by atoms with Crippen LogP contribution in [0.5, 0.6) is 0 Å². The summed E-state index contributed by atoms with van der Waals surface area (Å²) in [5.74, 6) is -0.696. The molecule has 0 spiro atoms. The molecule has 0 aliphatic carbocycles. The second-order valence-corrected chi connectivity index (χ2v) is 8.30. The average Bonchev–Trinajstić information content (AvgIpc) is 2.86. The molecule has 0 aliphatic rings. The number of hydrogen-bond acceptors (Lipinski definition) is 15. The van der Waals surface area contributed by atoms with Crippen molar-refractivity contribution < 1.29 is 60.7 Å². The maximum atomic E-state index is 11.8. The molecule has 0 rings (SSSR count). The van der Waals surface area contributed by atoms with Crippen molar-refractivity contribution in [3.05, 3.63) is 0 Å². The summed E-state index contributed by atoms with van der Waals surface area (Å²) in [7, 11) is 0. The van der Waals surface area contributed by atoms with Gasteiger partial charge < -0.3 is 51.1 Å². The van der Waals surface area contributed by atoms with E-state index in [1.54, 1.807) is 0 Å². The Kier molecular flexibility index (Phi) is 17.6. The number of carbonyl (C=O) groups excluding carboxylic acids is 2. The molecule has 0 bridgehead atoms. The fourth-order valence-electron chi connectivity index (χ4n) is 2.23. The maximum absolute atomic E-state index is 11.8. The molecule has 0 heterocycles. The molecular weight excluding hydrogens is 496 g/mol. The molecule has 0 unspecified atom stereocenters. The molecule has 204 valence electrons. The van der Waals surface area contributed by atoms with Gasteiger partial charge >= 0.3 is 0 Å². The lowest BCUT2D eigenvalue weighted by Gasteiger charge is -2.21. The number of aliphatic hydroxyl groups excluding tert-OH is 10. The van der Waals surface area contributed by atoms with Crippen molar-refractivity contribution in [3.8, 4) is 0 Å². The highest BCUT2D eigenvalue weighted by Crippen LogP contribution is 2.06. The molecule has 0 aliphatic heterocycles. The number of nitrogens with one attached hydrogen (secondary N) is 2. The molecule has 12 N–H and O–H groups in total. The fourth-order valence-corrected chi connectivity index (χ4v) is 3.10. The minimum Gasteiger partial charge on any atom is -0.394 e. The van der Waals surface area contributed by atoms with Crippen LogP contribution in [-0.2, 0) is 9.59 Å². The molecule has 0 aromatic carbocycles. The first-order valence-corrected chi connectivity index (χ1v) is 11.5. The average molecular weight is 531 g/mol. The zero-order valence-electron chi connectivity index (χ0n) is 18.7. The molecule has 0 radical (unpaired) electrons. The summed E-state index contributed by atoms with van der Waals surface area (Å²) < 4.78 is 0. The highest BCUT2D eigenvalue weighted by atomic mass is 32.2. The van der Waals surface area contributed by atoms with Gasteiger partial charge in [0.15, 0.2) is 0 Å². The van der Waals surface area contributed by atoms with Crippen molar-refractivity contribution in [2.24, 2.45) is 10.2 Å². The summed E-state index contributed by atoms with van der Waals surface area (Å²) in [5.41, 5.74) is 3.25. The lowest BCUT2D eigenvalue weighted by Crippen LogP contribution is -2.45. The summed E-state index contributed by atoms with van der Waals surface area (Å²) in [6, 6.07) is 0. The quantitative estimate of drug-likeness (QED) is 0.0446. The van der Waals surface area contributed by atoms with E-state index < -0.39 is 86.3 Å². The summed E-state index contributed by atoms with van der Waals surface area (Å²) in [6.07, 6.45) is -10.8. The van der Waals surface area contributed by atoms with Gasteiger partial charge in [-0.15, -0.1) is 0 Å². The van der Waals surface area contributed by atoms with Crippen LogP contribution in [0.3, 0.4) is 0 Å². The molecular formula is C18H34N4O12S. The summed E-state index contributed by atoms with van der Waals surface area (Å²) in [6.45, 7) is -3.35. The lowest BCUT2D eigenvalue weighted by molar-refractivity contribution is -0.121. The van der Waals surface area contributed by atoms with E-state index in [-0.39, 0.29) is 24.3 Å². The number of amides is 2. The van der Waals surface area contributed by atoms with Crippen molar-refractivity contribution >= 4 is 35.0 Å². The SMILES string of the molecule is O=C(CCSCCC(=O)N/N=C(/CO)[C@H](O)[C@H](O)[C@H](O)CO)N/N=C(/CO)[C@H](O)[C@H](O)[C@H](O)CO. The minimum atomic E-state index is -1.83. The molecule has 2 amide bonds. The van der Waals surface area contributed by atoms with E-state index in [2.05, 4.69) is 21.1 Å². The first-order chi connectivity index (χ1) is 16.5. The Morgan fingerprint density at radius 3 is 1.29 bits per heavy atom. The Morgan fingerprint density at radius 1 is 0.657 bits per heavy atom. The van der Waals surface area contributed by atoms with E-state index in [9.17, 15) is 50.4 Å². The molecule has 6 atom stereocenters. The van der Waals surface area contributed by atoms with Crippen molar-refractivity contribution in [2.75, 3.05) is 37.9 Å². The zero-order chi connectivity index (χ0) is 27.0. The zero-order valence-corrected chi connectivity index (χ0v) is 19.5. The highest BCUT2D eigenvalue weighted by molar-refractivity contribution is 7.99. The maximum Gasteiger partial charge on any atom is 0.240 e. The van der Waals surface area contributed by atoms with Gasteiger partial charge in [-0.05, 0) is 0 Å². The monoisotopic (exact) mass is 530 g/mol. The predicted octanol–water partition coefficient (Wildman–Crippen LogP) is -6.42. The predicted molar refractivity (Wildman–Crippen MR) is 122 cm³/mol. The highest BCUT2D eigenvalue weighted by Gasteiger charge is 2.29. The Hall–Kier alpha value is -1.77. The van der Waals surface area contributed by atoms with Crippen LogP contribution in [0.4, 0.5) is 0 Å². The largest absolute Gasteiger partial charge is 0.394 e. The molecule has 0 fully saturated rings. The van der Waals surface area contributed by atoms with Crippen LogP contribution < -0.4 is 10.9 Å². The summed E-state index contributed by atoms with van der Waals surface area (Å²) >= 11 is 1.21. The number of aliphatic hydroxyl groups is 10. The summed E-state index contributed by atoms with van der Waals surface area (Å²) in [5, 5.41) is 100. The van der Waals surface area contributed by atoms with E-state index in [1.165, 1.54) is 11.8 Å². The van der Waals surface area contributed by atoms with Crippen molar-refractivity contribution in [1.82, 2.24) is 10.9 Å². The van der Waals surface area contributed by atoms with Crippen LogP contribution >= 0.6 is 11.8 Å². The minimum absolute atomic E-state index is 0.0590. The van der Waals surface area contributed by atoms with E-state index in [4.69, 9.17) is 10.2 Å². The molecule has 16 nitrogen and oxygen atoms in total. The third-order valence-corrected chi connectivity index (χ3v) is 5.40. The molecule has 0 aromatic heterocycles. The van der Waals surface area contributed by atoms with Gasteiger partial charge in [0.1, 0.15) is 36.6 Å². The first kappa shape index (κ1) is 33.2. The van der Waals surface area contributed by atoms with Crippen LogP contribution in [0.25, 0.3) is 0 Å². The van der Waals surface area contributed by atoms with Crippen LogP contribution in [0.1, 0.15) is 12.8 Å². The van der Waals surface area contributed by atoms with Gasteiger partial charge in [0.2, 0.25) is 11.8 Å². The van der Waals surface area contributed by atoms with Crippen LogP contribution in [0.15, 0.2) is 10.2 Å². The van der Waals surface area contributed by atoms with Gasteiger partial charge in [-0.2, -0.15) is 22.0 Å². The molecule has 0 saturated heterocycles. The first-order valence-electron chi connectivity index (χ1n) is 10.3. The number of nitrogens with zero attached hydrogens (tertiary/aromatic N) is 2. The second kappa shape index (κ2) is 18.5. The molecule has 35 heavy (non-hydrogen) atoms. The number of hydrogen-bond donors (Lipinski definition) is 12. The smallest absolute Gasteiger partial charge is 0.240 e. The van der Waals surface area contributed by atoms with E-state index in [1.807, 2.05) is 0 Å². The molecule has 0 saturated carbocycles. The Balaban J connectivity index is 4.40. The topological polar surface area (TPSA) is 285 Å². The van der Waals surface area contributed by atoms with Gasteiger partial charge in [0.05, 0.1) is 37.9 Å². The number of rotatable bonds is 18. The van der Waals surface area contributed by atoms with E-state index in [0.717, 1.165) is 0 Å². The van der Waals surface area contributed by atoms with Crippen LogP contribution in [0.2, 0.25) is 0 Å². The normalized spacial score (nSPS) is 17.8. The molecule has 17 heteroatoms. The van der Waals surface area contributed by atoms with Gasteiger partial charge in [-0.25, -0.2) is 10.9 Å². The Labute approximate surface area is 204 Å². The van der Waals surface area contributed by atoms with E-state index >= 15 is 0 Å². The van der Waals surface area contributed by atoms with Crippen molar-refractivity contribution in [3.63, 3.8) is 0 Å². The standard InChI is InChI=1S/C18H34N4O12S/c23-5-9(15(31)17(33)11(27)7-25)19-21-13(29)1-3-35-4-2-14(30)22-20-10(6-24)16(32)18(34)12(28)8-26/h11-12,15-18,23-28,31-34H,1-8H2,(H,21,29)(H,22,30)/b19-9-,20-10-/t11-,12-,15+,16+,17-,18-/m1/s1. The van der Waals surface area contributed by atoms with E-state index in [0.29, 0.717) is 0 Å². The molecule has 0 aromatic rings. The summed E-state index contributed by atoms with van der Waals surface area (Å²) in [4.78, 5) is 23.6. The number of carbonyl (C=O) groups is 2.